The Balaban J connectivity index is 3.02. The molecule has 3 heteroatoms. The van der Waals surface area contributed by atoms with E-state index in [0.717, 1.165) is 23.0 Å². The Bertz CT molecular complexity index is 603. The third kappa shape index (κ3) is 1.40. The fourth-order valence-electron chi connectivity index (χ4n) is 2.24. The molecule has 0 unspecified atom stereocenters. The standard InChI is InChI=1S/C13H13ClN2/c1-4-16-11-6-8(2)5-9(3)12(11)10(7-15)13(16)14/h5-6H,4H2,1-3H3. The maximum Gasteiger partial charge on any atom is 0.128 e. The van der Waals surface area contributed by atoms with E-state index in [1.165, 1.54) is 5.56 Å². The summed E-state index contributed by atoms with van der Waals surface area (Å²) in [5, 5.41) is 10.7. The van der Waals surface area contributed by atoms with Crippen LogP contribution >= 0.6 is 11.6 Å². The zero-order valence-corrected chi connectivity index (χ0v) is 10.4. The number of hydrogen-bond donors (Lipinski definition) is 0. The molecule has 82 valence electrons. The maximum atomic E-state index is 9.17. The van der Waals surface area contributed by atoms with E-state index in [4.69, 9.17) is 11.6 Å². The number of fused-ring (bicyclic) bond motifs is 1. The summed E-state index contributed by atoms with van der Waals surface area (Å²) >= 11 is 6.22. The molecule has 2 aromatic rings. The van der Waals surface area contributed by atoms with Crippen LogP contribution in [0.3, 0.4) is 0 Å². The lowest BCUT2D eigenvalue weighted by molar-refractivity contribution is 0.797. The average molecular weight is 233 g/mol. The van der Waals surface area contributed by atoms with Gasteiger partial charge in [-0.1, -0.05) is 17.7 Å². The largest absolute Gasteiger partial charge is 0.331 e. The summed E-state index contributed by atoms with van der Waals surface area (Å²) in [6, 6.07) is 6.37. The van der Waals surface area contributed by atoms with E-state index in [1.807, 2.05) is 18.4 Å². The Morgan fingerprint density at radius 2 is 2.06 bits per heavy atom. The number of halogens is 1. The van der Waals surface area contributed by atoms with Crippen molar-refractivity contribution >= 4 is 22.5 Å². The number of benzene rings is 1. The van der Waals surface area contributed by atoms with Crippen LogP contribution in [0.25, 0.3) is 10.9 Å². The molecule has 1 aromatic carbocycles. The first-order valence-corrected chi connectivity index (χ1v) is 5.67. The van der Waals surface area contributed by atoms with Crippen molar-refractivity contribution < 1.29 is 0 Å². The SMILES string of the molecule is CCn1c(Cl)c(C#N)c2c(C)cc(C)cc21. The molecule has 0 saturated carbocycles. The Kier molecular flexibility index (Phi) is 2.65. The molecule has 0 saturated heterocycles. The van der Waals surface area contributed by atoms with Gasteiger partial charge in [0.1, 0.15) is 11.2 Å². The van der Waals surface area contributed by atoms with Gasteiger partial charge in [-0.25, -0.2) is 0 Å². The van der Waals surface area contributed by atoms with E-state index in [9.17, 15) is 5.26 Å². The first-order valence-electron chi connectivity index (χ1n) is 5.29. The molecule has 0 radical (unpaired) electrons. The molecular formula is C13H13ClN2. The number of nitriles is 1. The van der Waals surface area contributed by atoms with Crippen molar-refractivity contribution in [3.63, 3.8) is 0 Å². The average Bonchev–Trinajstić information content (AvgIpc) is 2.49. The Morgan fingerprint density at radius 1 is 1.38 bits per heavy atom. The Labute approximate surface area is 100 Å². The van der Waals surface area contributed by atoms with Gasteiger partial charge in [0.15, 0.2) is 0 Å². The second kappa shape index (κ2) is 3.84. The molecule has 2 rings (SSSR count). The van der Waals surface area contributed by atoms with Gasteiger partial charge in [-0.15, -0.1) is 0 Å². The van der Waals surface area contributed by atoms with Gasteiger partial charge in [0.2, 0.25) is 0 Å². The van der Waals surface area contributed by atoms with Crippen molar-refractivity contribution in [2.24, 2.45) is 0 Å². The molecule has 0 spiro atoms. The van der Waals surface area contributed by atoms with Gasteiger partial charge in [-0.3, -0.25) is 0 Å². The topological polar surface area (TPSA) is 28.7 Å². The van der Waals surface area contributed by atoms with Gasteiger partial charge >= 0.3 is 0 Å². The van der Waals surface area contributed by atoms with Gasteiger partial charge in [-0.2, -0.15) is 5.26 Å². The summed E-state index contributed by atoms with van der Waals surface area (Å²) < 4.78 is 1.98. The summed E-state index contributed by atoms with van der Waals surface area (Å²) in [5.74, 6) is 0. The highest BCUT2D eigenvalue weighted by molar-refractivity contribution is 6.32. The normalized spacial score (nSPS) is 10.7. The summed E-state index contributed by atoms with van der Waals surface area (Å²) in [7, 11) is 0. The van der Waals surface area contributed by atoms with Crippen LogP contribution in [0.2, 0.25) is 5.15 Å². The zero-order chi connectivity index (χ0) is 11.9. The number of aromatic nitrogens is 1. The molecule has 0 bridgehead atoms. The number of hydrogen-bond acceptors (Lipinski definition) is 1. The van der Waals surface area contributed by atoms with Crippen LogP contribution in [0.5, 0.6) is 0 Å². The van der Waals surface area contributed by atoms with Crippen LogP contribution in [-0.2, 0) is 6.54 Å². The van der Waals surface area contributed by atoms with E-state index in [1.54, 1.807) is 0 Å². The van der Waals surface area contributed by atoms with Crippen molar-refractivity contribution in [2.45, 2.75) is 27.3 Å². The van der Waals surface area contributed by atoms with Crippen LogP contribution in [-0.4, -0.2) is 4.57 Å². The second-order valence-corrected chi connectivity index (χ2v) is 4.36. The molecule has 0 aliphatic rings. The number of nitrogens with zero attached hydrogens (tertiary/aromatic N) is 2. The van der Waals surface area contributed by atoms with E-state index >= 15 is 0 Å². The monoisotopic (exact) mass is 232 g/mol. The molecule has 16 heavy (non-hydrogen) atoms. The molecule has 0 amide bonds. The molecule has 1 heterocycles. The van der Waals surface area contributed by atoms with Gasteiger partial charge in [0, 0.05) is 11.9 Å². The quantitative estimate of drug-likeness (QED) is 0.735. The van der Waals surface area contributed by atoms with Gasteiger partial charge in [-0.05, 0) is 38.0 Å². The third-order valence-corrected chi connectivity index (χ3v) is 3.26. The fraction of sp³-hybridized carbons (Fsp3) is 0.308. The highest BCUT2D eigenvalue weighted by Crippen LogP contribution is 2.32. The summed E-state index contributed by atoms with van der Waals surface area (Å²) in [6.07, 6.45) is 0. The third-order valence-electron chi connectivity index (χ3n) is 2.87. The summed E-state index contributed by atoms with van der Waals surface area (Å²) in [4.78, 5) is 0. The summed E-state index contributed by atoms with van der Waals surface area (Å²) in [5.41, 5.74) is 3.96. The smallest absolute Gasteiger partial charge is 0.128 e. The minimum Gasteiger partial charge on any atom is -0.331 e. The molecule has 0 aliphatic carbocycles. The predicted molar refractivity (Wildman–Crippen MR) is 66.8 cm³/mol. The van der Waals surface area contributed by atoms with Crippen molar-refractivity contribution in [1.82, 2.24) is 4.57 Å². The molecule has 0 aliphatic heterocycles. The maximum absolute atomic E-state index is 9.17. The van der Waals surface area contributed by atoms with Crippen molar-refractivity contribution in [3.8, 4) is 6.07 Å². The van der Waals surface area contributed by atoms with Crippen LogP contribution in [0.1, 0.15) is 23.6 Å². The minimum absolute atomic E-state index is 0.550. The predicted octanol–water partition coefficient (Wildman–Crippen LogP) is 3.80. The van der Waals surface area contributed by atoms with E-state index in [2.05, 4.69) is 25.1 Å². The van der Waals surface area contributed by atoms with E-state index in [-0.39, 0.29) is 0 Å². The van der Waals surface area contributed by atoms with Crippen LogP contribution in [0.4, 0.5) is 0 Å². The lowest BCUT2D eigenvalue weighted by Crippen LogP contribution is -1.93. The summed E-state index contributed by atoms with van der Waals surface area (Å²) in [6.45, 7) is 6.88. The van der Waals surface area contributed by atoms with Gasteiger partial charge in [0.05, 0.1) is 11.1 Å². The lowest BCUT2D eigenvalue weighted by Gasteiger charge is -2.04. The molecule has 0 fully saturated rings. The second-order valence-electron chi connectivity index (χ2n) is 4.00. The van der Waals surface area contributed by atoms with Crippen molar-refractivity contribution in [1.29, 1.82) is 5.26 Å². The molecular weight excluding hydrogens is 220 g/mol. The minimum atomic E-state index is 0.550. The zero-order valence-electron chi connectivity index (χ0n) is 9.63. The molecule has 2 nitrogen and oxygen atoms in total. The van der Waals surface area contributed by atoms with E-state index < -0.39 is 0 Å². The van der Waals surface area contributed by atoms with Crippen molar-refractivity contribution in [2.75, 3.05) is 0 Å². The van der Waals surface area contributed by atoms with Crippen LogP contribution in [0.15, 0.2) is 12.1 Å². The first-order chi connectivity index (χ1) is 7.60. The Hall–Kier alpha value is -1.46. The highest BCUT2D eigenvalue weighted by Gasteiger charge is 2.16. The Morgan fingerprint density at radius 3 is 2.62 bits per heavy atom. The lowest BCUT2D eigenvalue weighted by atomic mass is 10.1. The molecule has 1 aromatic heterocycles. The molecule has 0 atom stereocenters. The van der Waals surface area contributed by atoms with Gasteiger partial charge in [0.25, 0.3) is 0 Å². The number of rotatable bonds is 1. The highest BCUT2D eigenvalue weighted by atomic mass is 35.5. The number of aryl methyl sites for hydroxylation is 3. The van der Waals surface area contributed by atoms with Crippen LogP contribution in [0, 0.1) is 25.2 Å². The first kappa shape index (κ1) is 11.0. The van der Waals surface area contributed by atoms with Gasteiger partial charge < -0.3 is 4.57 Å². The van der Waals surface area contributed by atoms with E-state index in [0.29, 0.717) is 10.7 Å². The van der Waals surface area contributed by atoms with Crippen molar-refractivity contribution in [3.05, 3.63) is 34.0 Å². The molecule has 0 N–H and O–H groups in total. The van der Waals surface area contributed by atoms with Crippen LogP contribution < -0.4 is 0 Å². The fourth-order valence-corrected chi connectivity index (χ4v) is 2.59.